The second kappa shape index (κ2) is 9.59. The van der Waals surface area contributed by atoms with Crippen LogP contribution in [0.4, 0.5) is 27.6 Å². The lowest BCUT2D eigenvalue weighted by molar-refractivity contribution is -0.189. The third kappa shape index (κ3) is 5.31. The van der Waals surface area contributed by atoms with Crippen LogP contribution in [-0.4, -0.2) is 33.1 Å². The number of ether oxygens (including phenoxy) is 1. The normalized spacial score (nSPS) is 13.5. The second-order valence-electron chi connectivity index (χ2n) is 7.47. The lowest BCUT2D eigenvalue weighted by Gasteiger charge is -2.21. The summed E-state index contributed by atoms with van der Waals surface area (Å²) in [5.41, 5.74) is -0.674. The molecule has 182 valence electrons. The molecule has 0 fully saturated rings. The zero-order chi connectivity index (χ0) is 25.4. The smallest absolute Gasteiger partial charge is 0.425 e. The van der Waals surface area contributed by atoms with E-state index in [1.165, 1.54) is 25.3 Å². The number of hydrogen-bond acceptors (Lipinski definition) is 4. The van der Waals surface area contributed by atoms with Gasteiger partial charge in [0.05, 0.1) is 28.1 Å². The minimum Gasteiger partial charge on any atom is -0.480 e. The molecule has 0 spiro atoms. The number of aliphatic hydroxyl groups excluding tert-OH is 1. The van der Waals surface area contributed by atoms with E-state index in [2.05, 4.69) is 10.4 Å². The SMILES string of the molecule is Cc1cn(-c2cc(O[C@@H](C)C(F)(F)F)c(C(=O)Nc3c(F)cccc3Cl)cc2F)nc1[C@@H](C)O. The quantitative estimate of drug-likeness (QED) is 0.420. The van der Waals surface area contributed by atoms with E-state index >= 15 is 4.39 Å². The van der Waals surface area contributed by atoms with E-state index < -0.39 is 52.9 Å². The Kier molecular flexibility index (Phi) is 7.18. The molecule has 0 unspecified atom stereocenters. The molecule has 0 bridgehead atoms. The van der Waals surface area contributed by atoms with Crippen LogP contribution in [0, 0.1) is 18.6 Å². The Morgan fingerprint density at radius 3 is 2.44 bits per heavy atom. The molecule has 2 aromatic carbocycles. The van der Waals surface area contributed by atoms with Crippen LogP contribution in [0.1, 0.15) is 41.6 Å². The Bertz CT molecular complexity index is 1210. The van der Waals surface area contributed by atoms with E-state index in [1.54, 1.807) is 6.92 Å². The minimum atomic E-state index is -4.79. The molecule has 2 N–H and O–H groups in total. The fourth-order valence-corrected chi connectivity index (χ4v) is 3.27. The van der Waals surface area contributed by atoms with Crippen molar-refractivity contribution in [1.82, 2.24) is 9.78 Å². The van der Waals surface area contributed by atoms with Gasteiger partial charge in [0.15, 0.2) is 6.10 Å². The minimum absolute atomic E-state index is 0.172. The third-order valence-corrected chi connectivity index (χ3v) is 5.15. The van der Waals surface area contributed by atoms with E-state index in [4.69, 9.17) is 16.3 Å². The topological polar surface area (TPSA) is 76.4 Å². The molecule has 1 amide bonds. The molecule has 0 aliphatic heterocycles. The van der Waals surface area contributed by atoms with E-state index in [1.807, 2.05) is 0 Å². The number of aryl methyl sites for hydroxylation is 1. The van der Waals surface area contributed by atoms with Crippen LogP contribution in [0.15, 0.2) is 36.5 Å². The van der Waals surface area contributed by atoms with Crippen molar-refractivity contribution in [3.05, 3.63) is 70.0 Å². The number of halogens is 6. The molecule has 3 rings (SSSR count). The van der Waals surface area contributed by atoms with Gasteiger partial charge in [0.25, 0.3) is 5.91 Å². The Morgan fingerprint density at radius 1 is 1.21 bits per heavy atom. The predicted octanol–water partition coefficient (Wildman–Crippen LogP) is 5.75. The van der Waals surface area contributed by atoms with E-state index in [0.29, 0.717) is 18.6 Å². The van der Waals surface area contributed by atoms with Gasteiger partial charge in [-0.3, -0.25) is 4.79 Å². The number of nitrogens with zero attached hydrogens (tertiary/aromatic N) is 2. The van der Waals surface area contributed by atoms with Crippen LogP contribution < -0.4 is 10.1 Å². The average molecular weight is 504 g/mol. The number of rotatable bonds is 6. The molecule has 0 saturated carbocycles. The summed E-state index contributed by atoms with van der Waals surface area (Å²) >= 11 is 5.88. The number of aromatic nitrogens is 2. The van der Waals surface area contributed by atoms with Gasteiger partial charge in [-0.25, -0.2) is 13.5 Å². The number of anilines is 1. The summed E-state index contributed by atoms with van der Waals surface area (Å²) in [5.74, 6) is -3.71. The van der Waals surface area contributed by atoms with Crippen molar-refractivity contribution in [2.24, 2.45) is 0 Å². The van der Waals surface area contributed by atoms with Crippen molar-refractivity contribution in [2.45, 2.75) is 39.2 Å². The predicted molar refractivity (Wildman–Crippen MR) is 114 cm³/mol. The van der Waals surface area contributed by atoms with Crippen molar-refractivity contribution in [1.29, 1.82) is 0 Å². The first-order chi connectivity index (χ1) is 15.8. The molecule has 34 heavy (non-hydrogen) atoms. The first-order valence-corrected chi connectivity index (χ1v) is 10.2. The second-order valence-corrected chi connectivity index (χ2v) is 7.88. The average Bonchev–Trinajstić information content (AvgIpc) is 3.12. The maximum absolute atomic E-state index is 15.0. The summed E-state index contributed by atoms with van der Waals surface area (Å²) in [6, 6.07) is 5.10. The molecule has 3 aromatic rings. The van der Waals surface area contributed by atoms with Crippen LogP contribution in [0.3, 0.4) is 0 Å². The van der Waals surface area contributed by atoms with E-state index in [-0.39, 0.29) is 16.4 Å². The fourth-order valence-electron chi connectivity index (χ4n) is 3.06. The van der Waals surface area contributed by atoms with Gasteiger partial charge in [0, 0.05) is 12.3 Å². The fraction of sp³-hybridized carbons (Fsp3) is 0.273. The molecule has 0 saturated heterocycles. The lowest BCUT2D eigenvalue weighted by Crippen LogP contribution is -2.32. The molecule has 0 aliphatic rings. The largest absolute Gasteiger partial charge is 0.480 e. The van der Waals surface area contributed by atoms with Crippen molar-refractivity contribution in [3.8, 4) is 11.4 Å². The summed E-state index contributed by atoms with van der Waals surface area (Å²) < 4.78 is 74.5. The summed E-state index contributed by atoms with van der Waals surface area (Å²) in [6.45, 7) is 3.76. The van der Waals surface area contributed by atoms with Crippen LogP contribution in [0.25, 0.3) is 5.69 Å². The van der Waals surface area contributed by atoms with Gasteiger partial charge >= 0.3 is 6.18 Å². The van der Waals surface area contributed by atoms with Gasteiger partial charge in [0.2, 0.25) is 0 Å². The highest BCUT2D eigenvalue weighted by molar-refractivity contribution is 6.34. The number of hydrogen-bond donors (Lipinski definition) is 2. The van der Waals surface area contributed by atoms with Gasteiger partial charge in [-0.15, -0.1) is 0 Å². The number of carbonyl (C=O) groups is 1. The number of para-hydroxylation sites is 1. The Balaban J connectivity index is 2.10. The third-order valence-electron chi connectivity index (χ3n) is 4.84. The van der Waals surface area contributed by atoms with Crippen LogP contribution in [0.5, 0.6) is 5.75 Å². The van der Waals surface area contributed by atoms with E-state index in [9.17, 15) is 27.5 Å². The lowest BCUT2D eigenvalue weighted by atomic mass is 10.1. The molecule has 1 aromatic heterocycles. The standard InChI is InChI=1S/C22H19ClF5N3O3/c1-10-9-31(30-19(10)11(2)32)17-8-18(34-12(3)22(26,27)28)13(7-16(17)25)21(33)29-20-14(23)5-4-6-15(20)24/h4-9,11-12,32H,1-3H3,(H,29,33)/t11-,12+/m1/s1. The Morgan fingerprint density at radius 2 is 1.88 bits per heavy atom. The summed E-state index contributed by atoms with van der Waals surface area (Å²) in [6.07, 6.45) is -6.78. The zero-order valence-electron chi connectivity index (χ0n) is 18.0. The molecular formula is C22H19ClF5N3O3. The molecule has 6 nitrogen and oxygen atoms in total. The van der Waals surface area contributed by atoms with Gasteiger partial charge in [0.1, 0.15) is 23.1 Å². The van der Waals surface area contributed by atoms with Crippen molar-refractivity contribution >= 4 is 23.2 Å². The Labute approximate surface area is 195 Å². The maximum Gasteiger partial charge on any atom is 0.425 e. The first kappa shape index (κ1) is 25.4. The molecule has 2 atom stereocenters. The van der Waals surface area contributed by atoms with Crippen molar-refractivity contribution < 1.29 is 36.6 Å². The summed E-state index contributed by atoms with van der Waals surface area (Å²) in [5, 5.41) is 15.8. The van der Waals surface area contributed by atoms with Crippen LogP contribution >= 0.6 is 11.6 Å². The van der Waals surface area contributed by atoms with Crippen LogP contribution in [0.2, 0.25) is 5.02 Å². The van der Waals surface area contributed by atoms with Crippen molar-refractivity contribution in [3.63, 3.8) is 0 Å². The number of nitrogens with one attached hydrogen (secondary N) is 1. The van der Waals surface area contributed by atoms with Gasteiger partial charge in [-0.1, -0.05) is 17.7 Å². The van der Waals surface area contributed by atoms with E-state index in [0.717, 1.165) is 16.8 Å². The highest BCUT2D eigenvalue weighted by atomic mass is 35.5. The van der Waals surface area contributed by atoms with Gasteiger partial charge < -0.3 is 15.2 Å². The molecule has 0 aliphatic carbocycles. The molecule has 0 radical (unpaired) electrons. The first-order valence-electron chi connectivity index (χ1n) is 9.86. The number of amides is 1. The Hall–Kier alpha value is -3.18. The van der Waals surface area contributed by atoms with Crippen molar-refractivity contribution in [2.75, 3.05) is 5.32 Å². The summed E-state index contributed by atoms with van der Waals surface area (Å²) in [7, 11) is 0. The number of benzene rings is 2. The highest BCUT2D eigenvalue weighted by Gasteiger charge is 2.39. The number of aliphatic hydroxyl groups is 1. The highest BCUT2D eigenvalue weighted by Crippen LogP contribution is 2.33. The van der Waals surface area contributed by atoms with Gasteiger partial charge in [-0.05, 0) is 44.5 Å². The number of alkyl halides is 3. The van der Waals surface area contributed by atoms with Gasteiger partial charge in [-0.2, -0.15) is 18.3 Å². The number of carbonyl (C=O) groups excluding carboxylic acids is 1. The monoisotopic (exact) mass is 503 g/mol. The van der Waals surface area contributed by atoms with Crippen LogP contribution in [-0.2, 0) is 0 Å². The molecule has 1 heterocycles. The maximum atomic E-state index is 15.0. The molecule has 12 heteroatoms. The summed E-state index contributed by atoms with van der Waals surface area (Å²) in [4.78, 5) is 12.8. The zero-order valence-corrected chi connectivity index (χ0v) is 18.8. The molecular weight excluding hydrogens is 485 g/mol.